The first-order valence-electron chi connectivity index (χ1n) is 5.71. The van der Waals surface area contributed by atoms with Gasteiger partial charge in [0.25, 0.3) is 0 Å². The predicted molar refractivity (Wildman–Crippen MR) is 70.6 cm³/mol. The summed E-state index contributed by atoms with van der Waals surface area (Å²) >= 11 is 5.95. The summed E-state index contributed by atoms with van der Waals surface area (Å²) in [6.07, 6.45) is 0.0123. The van der Waals surface area contributed by atoms with Crippen LogP contribution in [0.15, 0.2) is 36.4 Å². The van der Waals surface area contributed by atoms with Gasteiger partial charge in [-0.25, -0.2) is 8.78 Å². The molecule has 0 radical (unpaired) electrons. The van der Waals surface area contributed by atoms with Gasteiger partial charge >= 0.3 is 0 Å². The Morgan fingerprint density at radius 2 is 1.89 bits per heavy atom. The zero-order chi connectivity index (χ0) is 14.0. The van der Waals surface area contributed by atoms with Crippen LogP contribution in [0.4, 0.5) is 8.78 Å². The van der Waals surface area contributed by atoms with E-state index in [1.54, 1.807) is 25.1 Å². The van der Waals surface area contributed by atoms with Crippen molar-refractivity contribution >= 4 is 17.4 Å². The number of rotatable bonds is 3. The summed E-state index contributed by atoms with van der Waals surface area (Å²) in [5.41, 5.74) is 1.62. The molecule has 0 N–H and O–H groups in total. The van der Waals surface area contributed by atoms with Gasteiger partial charge in [0, 0.05) is 17.0 Å². The van der Waals surface area contributed by atoms with Gasteiger partial charge in [0.15, 0.2) is 17.4 Å². The highest BCUT2D eigenvalue weighted by Gasteiger charge is 2.12. The highest BCUT2D eigenvalue weighted by molar-refractivity contribution is 6.31. The van der Waals surface area contributed by atoms with Crippen molar-refractivity contribution in [1.82, 2.24) is 0 Å². The molecular weight excluding hydrogens is 270 g/mol. The molecule has 19 heavy (non-hydrogen) atoms. The molecule has 98 valence electrons. The summed E-state index contributed by atoms with van der Waals surface area (Å²) in [6.45, 7) is 1.75. The number of halogens is 3. The maximum atomic E-state index is 13.1. The normalized spacial score (nSPS) is 10.5. The van der Waals surface area contributed by atoms with Gasteiger partial charge in [0.1, 0.15) is 0 Å². The lowest BCUT2D eigenvalue weighted by Gasteiger charge is -2.07. The Morgan fingerprint density at radius 3 is 2.58 bits per heavy atom. The lowest BCUT2D eigenvalue weighted by Crippen LogP contribution is -2.06. The third kappa shape index (κ3) is 2.99. The van der Waals surface area contributed by atoms with Crippen molar-refractivity contribution in [2.45, 2.75) is 13.3 Å². The predicted octanol–water partition coefficient (Wildman–Crippen LogP) is 4.35. The Hall–Kier alpha value is -1.74. The molecule has 2 aromatic rings. The number of hydrogen-bond acceptors (Lipinski definition) is 1. The summed E-state index contributed by atoms with van der Waals surface area (Å²) in [5, 5.41) is 0.510. The zero-order valence-corrected chi connectivity index (χ0v) is 11.0. The largest absolute Gasteiger partial charge is 0.294 e. The molecule has 0 amide bonds. The first-order chi connectivity index (χ1) is 8.99. The minimum absolute atomic E-state index is 0.0123. The SMILES string of the molecule is Cc1c(Cl)cccc1C(=O)Cc1ccc(F)c(F)c1. The van der Waals surface area contributed by atoms with Gasteiger partial charge < -0.3 is 0 Å². The lowest BCUT2D eigenvalue weighted by molar-refractivity contribution is 0.0992. The number of carbonyl (C=O) groups is 1. The maximum Gasteiger partial charge on any atom is 0.167 e. The molecule has 0 aliphatic carbocycles. The topological polar surface area (TPSA) is 17.1 Å². The number of ketones is 1. The van der Waals surface area contributed by atoms with Gasteiger partial charge in [0.05, 0.1) is 0 Å². The van der Waals surface area contributed by atoms with Crippen LogP contribution in [0.3, 0.4) is 0 Å². The number of hydrogen-bond donors (Lipinski definition) is 0. The quantitative estimate of drug-likeness (QED) is 0.764. The average molecular weight is 281 g/mol. The highest BCUT2D eigenvalue weighted by atomic mass is 35.5. The van der Waals surface area contributed by atoms with Crippen molar-refractivity contribution in [3.8, 4) is 0 Å². The minimum atomic E-state index is -0.951. The Kier molecular flexibility index (Phi) is 3.96. The fourth-order valence-electron chi connectivity index (χ4n) is 1.84. The van der Waals surface area contributed by atoms with Gasteiger partial charge in [-0.1, -0.05) is 29.8 Å². The molecule has 4 heteroatoms. The van der Waals surface area contributed by atoms with Crippen LogP contribution < -0.4 is 0 Å². The monoisotopic (exact) mass is 280 g/mol. The summed E-state index contributed by atoms with van der Waals surface area (Å²) in [5.74, 6) is -2.05. The van der Waals surface area contributed by atoms with Gasteiger partial charge in [0.2, 0.25) is 0 Å². The van der Waals surface area contributed by atoms with Crippen LogP contribution in [-0.2, 0) is 6.42 Å². The van der Waals surface area contributed by atoms with Gasteiger partial charge in [-0.3, -0.25) is 4.79 Å². The van der Waals surface area contributed by atoms with Crippen molar-refractivity contribution in [3.05, 3.63) is 69.7 Å². The fourth-order valence-corrected chi connectivity index (χ4v) is 2.01. The second-order valence-corrected chi connectivity index (χ2v) is 4.67. The minimum Gasteiger partial charge on any atom is -0.294 e. The van der Waals surface area contributed by atoms with E-state index in [2.05, 4.69) is 0 Å². The van der Waals surface area contributed by atoms with Crippen LogP contribution in [0.1, 0.15) is 21.5 Å². The molecule has 0 aliphatic heterocycles. The third-order valence-electron chi connectivity index (χ3n) is 2.92. The molecule has 1 nitrogen and oxygen atoms in total. The summed E-state index contributed by atoms with van der Waals surface area (Å²) in [7, 11) is 0. The Labute approximate surface area is 114 Å². The van der Waals surface area contributed by atoms with Crippen molar-refractivity contribution in [3.63, 3.8) is 0 Å². The van der Waals surface area contributed by atoms with Crippen molar-refractivity contribution < 1.29 is 13.6 Å². The van der Waals surface area contributed by atoms with Crippen LogP contribution in [0.5, 0.6) is 0 Å². The summed E-state index contributed by atoms with van der Waals surface area (Å²) in [6, 6.07) is 8.51. The molecule has 0 aliphatic rings. The van der Waals surface area contributed by atoms with Gasteiger partial charge in [-0.05, 0) is 36.2 Å². The van der Waals surface area contributed by atoms with E-state index < -0.39 is 11.6 Å². The second kappa shape index (κ2) is 5.49. The molecule has 0 saturated heterocycles. The fraction of sp³-hybridized carbons (Fsp3) is 0.133. The average Bonchev–Trinajstić information content (AvgIpc) is 2.37. The smallest absolute Gasteiger partial charge is 0.167 e. The van der Waals surface area contributed by atoms with Crippen molar-refractivity contribution in [2.24, 2.45) is 0 Å². The molecule has 0 aromatic heterocycles. The molecule has 0 heterocycles. The number of benzene rings is 2. The Morgan fingerprint density at radius 1 is 1.16 bits per heavy atom. The first kappa shape index (κ1) is 13.7. The Balaban J connectivity index is 2.26. The van der Waals surface area contributed by atoms with E-state index in [1.807, 2.05) is 0 Å². The third-order valence-corrected chi connectivity index (χ3v) is 3.33. The molecule has 0 spiro atoms. The summed E-state index contributed by atoms with van der Waals surface area (Å²) in [4.78, 5) is 12.1. The van der Waals surface area contributed by atoms with Crippen molar-refractivity contribution in [1.29, 1.82) is 0 Å². The summed E-state index contributed by atoms with van der Waals surface area (Å²) < 4.78 is 25.9. The molecule has 2 aromatic carbocycles. The molecule has 0 saturated carbocycles. The van der Waals surface area contributed by atoms with Crippen LogP contribution in [-0.4, -0.2) is 5.78 Å². The number of carbonyl (C=O) groups excluding carboxylic acids is 1. The van der Waals surface area contributed by atoms with Crippen LogP contribution in [0.2, 0.25) is 5.02 Å². The molecule has 2 rings (SSSR count). The molecule has 0 fully saturated rings. The number of Topliss-reactive ketones (excluding diaryl/α,β-unsaturated/α-hetero) is 1. The van der Waals surface area contributed by atoms with E-state index in [9.17, 15) is 13.6 Å². The van der Waals surface area contributed by atoms with Gasteiger partial charge in [-0.15, -0.1) is 0 Å². The zero-order valence-electron chi connectivity index (χ0n) is 10.2. The first-order valence-corrected chi connectivity index (χ1v) is 6.09. The van der Waals surface area contributed by atoms with Crippen molar-refractivity contribution in [2.75, 3.05) is 0 Å². The Bertz CT molecular complexity index is 638. The van der Waals surface area contributed by atoms with Gasteiger partial charge in [-0.2, -0.15) is 0 Å². The maximum absolute atomic E-state index is 13.1. The molecule has 0 atom stereocenters. The molecule has 0 unspecified atom stereocenters. The second-order valence-electron chi connectivity index (χ2n) is 4.26. The van der Waals surface area contributed by atoms with E-state index in [0.29, 0.717) is 21.7 Å². The van der Waals surface area contributed by atoms with E-state index in [-0.39, 0.29) is 12.2 Å². The molecule has 0 bridgehead atoms. The standard InChI is InChI=1S/C15H11ClF2O/c1-9-11(3-2-4-12(9)16)15(19)8-10-5-6-13(17)14(18)7-10/h2-7H,8H2,1H3. The van der Waals surface area contributed by atoms with Crippen LogP contribution in [0.25, 0.3) is 0 Å². The molecular formula is C15H11ClF2O. The van der Waals surface area contributed by atoms with Crippen LogP contribution >= 0.6 is 11.6 Å². The van der Waals surface area contributed by atoms with E-state index in [4.69, 9.17) is 11.6 Å². The van der Waals surface area contributed by atoms with E-state index in [0.717, 1.165) is 12.1 Å². The highest BCUT2D eigenvalue weighted by Crippen LogP contribution is 2.20. The van der Waals surface area contributed by atoms with Crippen LogP contribution in [0, 0.1) is 18.6 Å². The lowest BCUT2D eigenvalue weighted by atomic mass is 9.99. The van der Waals surface area contributed by atoms with E-state index >= 15 is 0 Å². The van der Waals surface area contributed by atoms with E-state index in [1.165, 1.54) is 6.07 Å².